The molecule has 0 bridgehead atoms. The molecule has 1 rings (SSSR count). The lowest BCUT2D eigenvalue weighted by molar-refractivity contribution is -0.137. The molecule has 0 aliphatic heterocycles. The standard InChI is InChI=1S/C10H18N2O3/c1-12(2)6-9(13)11-8(5-10(14)15)7-3-4-7/h7-8H,3-6H2,1-2H3,(H,11,13)(H,14,15). The fourth-order valence-electron chi connectivity index (χ4n) is 1.56. The van der Waals surface area contributed by atoms with Crippen LogP contribution in [0.1, 0.15) is 19.3 Å². The first-order valence-electron chi connectivity index (χ1n) is 5.15. The van der Waals surface area contributed by atoms with Crippen molar-refractivity contribution in [2.75, 3.05) is 20.6 Å². The van der Waals surface area contributed by atoms with Crippen molar-refractivity contribution in [3.63, 3.8) is 0 Å². The molecule has 0 spiro atoms. The summed E-state index contributed by atoms with van der Waals surface area (Å²) in [6, 6.07) is -0.185. The second-order valence-corrected chi connectivity index (χ2v) is 4.35. The average molecular weight is 214 g/mol. The number of hydrogen-bond donors (Lipinski definition) is 2. The summed E-state index contributed by atoms with van der Waals surface area (Å²) >= 11 is 0. The molecule has 0 heterocycles. The molecule has 0 radical (unpaired) electrons. The minimum absolute atomic E-state index is 0.0316. The highest BCUT2D eigenvalue weighted by molar-refractivity contribution is 5.79. The Morgan fingerprint density at radius 2 is 2.07 bits per heavy atom. The summed E-state index contributed by atoms with van der Waals surface area (Å²) < 4.78 is 0. The van der Waals surface area contributed by atoms with Crippen molar-refractivity contribution in [3.05, 3.63) is 0 Å². The Morgan fingerprint density at radius 3 is 2.47 bits per heavy atom. The average Bonchev–Trinajstić information content (AvgIpc) is 2.81. The smallest absolute Gasteiger partial charge is 0.305 e. The maximum Gasteiger partial charge on any atom is 0.305 e. The minimum atomic E-state index is -0.850. The fraction of sp³-hybridized carbons (Fsp3) is 0.800. The third-order valence-electron chi connectivity index (χ3n) is 2.39. The Balaban J connectivity index is 2.36. The number of nitrogens with one attached hydrogen (secondary N) is 1. The molecule has 1 aliphatic rings. The van der Waals surface area contributed by atoms with E-state index in [9.17, 15) is 9.59 Å². The number of rotatable bonds is 6. The van der Waals surface area contributed by atoms with E-state index in [2.05, 4.69) is 5.32 Å². The zero-order chi connectivity index (χ0) is 11.4. The fourth-order valence-corrected chi connectivity index (χ4v) is 1.56. The van der Waals surface area contributed by atoms with Crippen molar-refractivity contribution in [1.29, 1.82) is 0 Å². The normalized spacial score (nSPS) is 17.5. The van der Waals surface area contributed by atoms with Crippen LogP contribution in [0.5, 0.6) is 0 Å². The monoisotopic (exact) mass is 214 g/mol. The van der Waals surface area contributed by atoms with Crippen molar-refractivity contribution < 1.29 is 14.7 Å². The molecule has 0 aromatic rings. The summed E-state index contributed by atoms with van der Waals surface area (Å²) in [5.74, 6) is -0.581. The summed E-state index contributed by atoms with van der Waals surface area (Å²) in [7, 11) is 3.62. The Bertz CT molecular complexity index is 249. The van der Waals surface area contributed by atoms with Gasteiger partial charge >= 0.3 is 5.97 Å². The molecule has 86 valence electrons. The number of carboxylic acids is 1. The van der Waals surface area contributed by atoms with Gasteiger partial charge in [-0.25, -0.2) is 0 Å². The van der Waals surface area contributed by atoms with Crippen molar-refractivity contribution in [3.8, 4) is 0 Å². The maximum absolute atomic E-state index is 11.4. The molecule has 5 nitrogen and oxygen atoms in total. The Morgan fingerprint density at radius 1 is 1.47 bits per heavy atom. The molecule has 0 aromatic heterocycles. The number of aliphatic carboxylic acids is 1. The molecule has 1 unspecified atom stereocenters. The predicted octanol–water partition coefficient (Wildman–Crippen LogP) is -0.0825. The Labute approximate surface area is 89.4 Å². The summed E-state index contributed by atoms with van der Waals surface area (Å²) in [4.78, 5) is 23.8. The zero-order valence-electron chi connectivity index (χ0n) is 9.19. The van der Waals surface area contributed by atoms with E-state index in [-0.39, 0.29) is 18.4 Å². The molecular weight excluding hydrogens is 196 g/mol. The molecule has 1 fully saturated rings. The third kappa shape index (κ3) is 4.78. The highest BCUT2D eigenvalue weighted by atomic mass is 16.4. The number of hydrogen-bond acceptors (Lipinski definition) is 3. The molecule has 1 atom stereocenters. The molecule has 1 saturated carbocycles. The van der Waals surface area contributed by atoms with Gasteiger partial charge in [0, 0.05) is 6.04 Å². The number of likely N-dealkylation sites (N-methyl/N-ethyl adjacent to an activating group) is 1. The molecule has 0 saturated heterocycles. The number of carboxylic acid groups (broad SMARTS) is 1. The lowest BCUT2D eigenvalue weighted by atomic mass is 10.1. The van der Waals surface area contributed by atoms with E-state index in [4.69, 9.17) is 5.11 Å². The van der Waals surface area contributed by atoms with E-state index in [0.29, 0.717) is 12.5 Å². The number of carbonyl (C=O) groups is 2. The van der Waals surface area contributed by atoms with Crippen LogP contribution in [-0.4, -0.2) is 48.6 Å². The lowest BCUT2D eigenvalue weighted by Gasteiger charge is -2.17. The van der Waals surface area contributed by atoms with Gasteiger partial charge in [-0.05, 0) is 32.9 Å². The van der Waals surface area contributed by atoms with Crippen molar-refractivity contribution >= 4 is 11.9 Å². The van der Waals surface area contributed by atoms with Crippen LogP contribution in [0.25, 0.3) is 0 Å². The van der Waals surface area contributed by atoms with E-state index in [1.165, 1.54) is 0 Å². The lowest BCUT2D eigenvalue weighted by Crippen LogP contribution is -2.42. The number of carbonyl (C=O) groups excluding carboxylic acids is 1. The molecule has 15 heavy (non-hydrogen) atoms. The van der Waals surface area contributed by atoms with Crippen LogP contribution in [-0.2, 0) is 9.59 Å². The summed E-state index contributed by atoms with van der Waals surface area (Å²) in [6.45, 7) is 0.308. The van der Waals surface area contributed by atoms with Gasteiger partial charge in [0.1, 0.15) is 0 Å². The topological polar surface area (TPSA) is 69.6 Å². The van der Waals surface area contributed by atoms with Gasteiger partial charge in [0.2, 0.25) is 5.91 Å². The van der Waals surface area contributed by atoms with Crippen LogP contribution in [0.2, 0.25) is 0 Å². The summed E-state index contributed by atoms with van der Waals surface area (Å²) in [5, 5.41) is 11.5. The molecule has 1 aliphatic carbocycles. The first-order valence-corrected chi connectivity index (χ1v) is 5.15. The van der Waals surface area contributed by atoms with Gasteiger partial charge in [-0.15, -0.1) is 0 Å². The molecule has 5 heteroatoms. The van der Waals surface area contributed by atoms with E-state index in [1.807, 2.05) is 14.1 Å². The van der Waals surface area contributed by atoms with Crippen LogP contribution in [0.15, 0.2) is 0 Å². The molecule has 2 N–H and O–H groups in total. The largest absolute Gasteiger partial charge is 0.481 e. The van der Waals surface area contributed by atoms with Crippen LogP contribution in [0.4, 0.5) is 0 Å². The number of amides is 1. The van der Waals surface area contributed by atoms with Gasteiger partial charge in [-0.3, -0.25) is 9.59 Å². The highest BCUT2D eigenvalue weighted by Crippen LogP contribution is 2.33. The van der Waals surface area contributed by atoms with Gasteiger partial charge in [0.05, 0.1) is 13.0 Å². The summed E-state index contributed by atoms with van der Waals surface area (Å²) in [5.41, 5.74) is 0. The first kappa shape index (κ1) is 12.0. The molecular formula is C10H18N2O3. The van der Waals surface area contributed by atoms with Crippen molar-refractivity contribution in [2.24, 2.45) is 5.92 Å². The third-order valence-corrected chi connectivity index (χ3v) is 2.39. The molecule has 1 amide bonds. The van der Waals surface area contributed by atoms with Crippen LogP contribution in [0.3, 0.4) is 0 Å². The van der Waals surface area contributed by atoms with Crippen LogP contribution in [0, 0.1) is 5.92 Å². The quantitative estimate of drug-likeness (QED) is 0.648. The first-order chi connectivity index (χ1) is 6.99. The second-order valence-electron chi connectivity index (χ2n) is 4.35. The SMILES string of the molecule is CN(C)CC(=O)NC(CC(=O)O)C1CC1. The van der Waals surface area contributed by atoms with Crippen LogP contribution >= 0.6 is 0 Å². The van der Waals surface area contributed by atoms with Gasteiger partial charge < -0.3 is 15.3 Å². The highest BCUT2D eigenvalue weighted by Gasteiger charge is 2.33. The van der Waals surface area contributed by atoms with Crippen molar-refractivity contribution in [2.45, 2.75) is 25.3 Å². The van der Waals surface area contributed by atoms with Gasteiger partial charge in [0.25, 0.3) is 0 Å². The van der Waals surface area contributed by atoms with E-state index in [0.717, 1.165) is 12.8 Å². The van der Waals surface area contributed by atoms with Crippen LogP contribution < -0.4 is 5.32 Å². The van der Waals surface area contributed by atoms with Gasteiger partial charge in [0.15, 0.2) is 0 Å². The van der Waals surface area contributed by atoms with Crippen molar-refractivity contribution in [1.82, 2.24) is 10.2 Å². The van der Waals surface area contributed by atoms with Gasteiger partial charge in [-0.2, -0.15) is 0 Å². The Kier molecular flexibility index (Phi) is 4.08. The van der Waals surface area contributed by atoms with E-state index >= 15 is 0 Å². The van der Waals surface area contributed by atoms with E-state index in [1.54, 1.807) is 4.90 Å². The van der Waals surface area contributed by atoms with E-state index < -0.39 is 5.97 Å². The number of nitrogens with zero attached hydrogens (tertiary/aromatic N) is 1. The maximum atomic E-state index is 11.4. The Hall–Kier alpha value is -1.10. The summed E-state index contributed by atoms with van der Waals surface area (Å²) in [6.07, 6.45) is 2.09. The predicted molar refractivity (Wildman–Crippen MR) is 55.5 cm³/mol. The minimum Gasteiger partial charge on any atom is -0.481 e. The zero-order valence-corrected chi connectivity index (χ0v) is 9.19. The van der Waals surface area contributed by atoms with Gasteiger partial charge in [-0.1, -0.05) is 0 Å². The molecule has 0 aromatic carbocycles. The second kappa shape index (κ2) is 5.11.